The predicted molar refractivity (Wildman–Crippen MR) is 76.8 cm³/mol. The predicted octanol–water partition coefficient (Wildman–Crippen LogP) is 0.687. The lowest BCUT2D eigenvalue weighted by atomic mass is 10.3. The molecule has 8 heteroatoms. The normalized spacial score (nSPS) is 10.5. The van der Waals surface area contributed by atoms with E-state index in [-0.39, 0.29) is 30.5 Å². The average molecular weight is 341 g/mol. The van der Waals surface area contributed by atoms with Crippen LogP contribution < -0.4 is 16.2 Å². The fourth-order valence-electron chi connectivity index (χ4n) is 1.66. The van der Waals surface area contributed by atoms with Crippen LogP contribution in [0, 0.1) is 0 Å². The summed E-state index contributed by atoms with van der Waals surface area (Å²) in [4.78, 5) is 11.4. The minimum atomic E-state index is -0.737. The first kappa shape index (κ1) is 14.4. The van der Waals surface area contributed by atoms with Crippen molar-refractivity contribution < 1.29 is 14.6 Å². The van der Waals surface area contributed by atoms with E-state index in [2.05, 4.69) is 21.0 Å². The quantitative estimate of drug-likeness (QED) is 0.740. The van der Waals surface area contributed by atoms with E-state index in [1.807, 2.05) is 12.1 Å². The molecule has 1 aromatic heterocycles. The first-order valence-electron chi connectivity index (χ1n) is 5.72. The van der Waals surface area contributed by atoms with Crippen molar-refractivity contribution in [3.05, 3.63) is 34.3 Å². The zero-order valence-electron chi connectivity index (χ0n) is 10.4. The molecule has 0 atom stereocenters. The van der Waals surface area contributed by atoms with Crippen molar-refractivity contribution in [3.8, 4) is 11.6 Å². The minimum Gasteiger partial charge on any atom is -0.474 e. The molecule has 0 aliphatic rings. The van der Waals surface area contributed by atoms with Gasteiger partial charge in [-0.2, -0.15) is 0 Å². The molecule has 0 radical (unpaired) electrons. The van der Waals surface area contributed by atoms with Crippen molar-refractivity contribution >= 4 is 27.7 Å². The molecule has 1 heterocycles. The Balaban J connectivity index is 2.48. The highest BCUT2D eigenvalue weighted by molar-refractivity contribution is 9.10. The van der Waals surface area contributed by atoms with E-state index in [1.165, 1.54) is 4.68 Å². The summed E-state index contributed by atoms with van der Waals surface area (Å²) in [6.45, 7) is -0.208. The maximum Gasteiger partial charge on any atom is 0.258 e. The molecule has 106 valence electrons. The number of nitrogen functional groups attached to an aromatic ring is 1. The molecule has 2 aromatic rings. The SMILES string of the molecule is NC(=O)c1c(OCCO)nn(-c2ccc(Br)cc2)c1N. The fraction of sp³-hybridized carbons (Fsp3) is 0.167. The van der Waals surface area contributed by atoms with Crippen LogP contribution in [0.4, 0.5) is 5.82 Å². The maximum absolute atomic E-state index is 11.4. The lowest BCUT2D eigenvalue weighted by Gasteiger charge is -2.03. The summed E-state index contributed by atoms with van der Waals surface area (Å²) in [5, 5.41) is 12.9. The Morgan fingerprint density at radius 3 is 2.60 bits per heavy atom. The van der Waals surface area contributed by atoms with Gasteiger partial charge in [0, 0.05) is 4.47 Å². The number of halogens is 1. The number of nitrogens with two attached hydrogens (primary N) is 2. The average Bonchev–Trinajstić information content (AvgIpc) is 2.74. The van der Waals surface area contributed by atoms with Gasteiger partial charge in [0.15, 0.2) is 0 Å². The second-order valence-electron chi connectivity index (χ2n) is 3.89. The van der Waals surface area contributed by atoms with E-state index in [9.17, 15) is 4.79 Å². The lowest BCUT2D eigenvalue weighted by molar-refractivity contribution is 0.0995. The number of amides is 1. The largest absolute Gasteiger partial charge is 0.474 e. The summed E-state index contributed by atoms with van der Waals surface area (Å²) >= 11 is 3.33. The second-order valence-corrected chi connectivity index (χ2v) is 4.81. The Labute approximate surface area is 123 Å². The number of hydrogen-bond donors (Lipinski definition) is 3. The minimum absolute atomic E-state index is 0.00127. The summed E-state index contributed by atoms with van der Waals surface area (Å²) < 4.78 is 7.44. The van der Waals surface area contributed by atoms with Crippen LogP contribution in [-0.2, 0) is 0 Å². The topological polar surface area (TPSA) is 116 Å². The van der Waals surface area contributed by atoms with Gasteiger partial charge in [-0.25, -0.2) is 4.68 Å². The fourth-order valence-corrected chi connectivity index (χ4v) is 1.93. The van der Waals surface area contributed by atoms with Crippen LogP contribution in [0.15, 0.2) is 28.7 Å². The molecule has 0 saturated heterocycles. The van der Waals surface area contributed by atoms with E-state index >= 15 is 0 Å². The van der Waals surface area contributed by atoms with Crippen LogP contribution >= 0.6 is 15.9 Å². The highest BCUT2D eigenvalue weighted by Gasteiger charge is 2.22. The van der Waals surface area contributed by atoms with Gasteiger partial charge in [0.2, 0.25) is 5.88 Å². The highest BCUT2D eigenvalue weighted by Crippen LogP contribution is 2.26. The number of aliphatic hydroxyl groups excluding tert-OH is 1. The first-order valence-corrected chi connectivity index (χ1v) is 6.51. The molecular weight excluding hydrogens is 328 g/mol. The van der Waals surface area contributed by atoms with Crippen molar-refractivity contribution in [3.63, 3.8) is 0 Å². The highest BCUT2D eigenvalue weighted by atomic mass is 79.9. The molecule has 0 fully saturated rings. The van der Waals surface area contributed by atoms with Gasteiger partial charge < -0.3 is 21.3 Å². The number of rotatable bonds is 5. The Kier molecular flexibility index (Phi) is 4.26. The zero-order valence-corrected chi connectivity index (χ0v) is 12.0. The van der Waals surface area contributed by atoms with Crippen molar-refractivity contribution in [2.75, 3.05) is 18.9 Å². The molecule has 0 bridgehead atoms. The smallest absolute Gasteiger partial charge is 0.258 e. The van der Waals surface area contributed by atoms with Gasteiger partial charge in [-0.05, 0) is 24.3 Å². The summed E-state index contributed by atoms with van der Waals surface area (Å²) in [5.41, 5.74) is 11.8. The lowest BCUT2D eigenvalue weighted by Crippen LogP contribution is -2.15. The molecule has 1 amide bonds. The third-order valence-electron chi connectivity index (χ3n) is 2.54. The third kappa shape index (κ3) is 2.75. The van der Waals surface area contributed by atoms with Crippen LogP contribution in [0.3, 0.4) is 0 Å². The van der Waals surface area contributed by atoms with E-state index in [1.54, 1.807) is 12.1 Å². The molecule has 5 N–H and O–H groups in total. The number of carbonyl (C=O) groups is 1. The van der Waals surface area contributed by atoms with Gasteiger partial charge >= 0.3 is 0 Å². The van der Waals surface area contributed by atoms with Crippen molar-refractivity contribution in [2.24, 2.45) is 5.73 Å². The zero-order chi connectivity index (χ0) is 14.7. The van der Waals surface area contributed by atoms with Gasteiger partial charge in [-0.3, -0.25) is 4.79 Å². The van der Waals surface area contributed by atoms with Crippen LogP contribution in [0.1, 0.15) is 10.4 Å². The van der Waals surface area contributed by atoms with Crippen molar-refractivity contribution in [1.29, 1.82) is 0 Å². The number of ether oxygens (including phenoxy) is 1. The Morgan fingerprint density at radius 1 is 1.40 bits per heavy atom. The third-order valence-corrected chi connectivity index (χ3v) is 3.07. The molecular formula is C12H13BrN4O3. The number of aliphatic hydroxyl groups is 1. The number of nitrogens with zero attached hydrogens (tertiary/aromatic N) is 2. The first-order chi connectivity index (χ1) is 9.54. The van der Waals surface area contributed by atoms with E-state index in [0.29, 0.717) is 5.69 Å². The molecule has 0 unspecified atom stereocenters. The van der Waals surface area contributed by atoms with Crippen LogP contribution in [0.5, 0.6) is 5.88 Å². The number of primary amides is 1. The summed E-state index contributed by atoms with van der Waals surface area (Å²) in [5.74, 6) is -0.640. The summed E-state index contributed by atoms with van der Waals surface area (Å²) in [6.07, 6.45) is 0. The van der Waals surface area contributed by atoms with Gasteiger partial charge in [-0.15, -0.1) is 5.10 Å². The second kappa shape index (κ2) is 5.93. The molecule has 0 aliphatic carbocycles. The van der Waals surface area contributed by atoms with Crippen molar-refractivity contribution in [1.82, 2.24) is 9.78 Å². The van der Waals surface area contributed by atoms with Gasteiger partial charge in [-0.1, -0.05) is 15.9 Å². The molecule has 20 heavy (non-hydrogen) atoms. The molecule has 1 aromatic carbocycles. The summed E-state index contributed by atoms with van der Waals surface area (Å²) in [7, 11) is 0. The van der Waals surface area contributed by atoms with Gasteiger partial charge in [0.1, 0.15) is 18.0 Å². The molecule has 0 aliphatic heterocycles. The number of benzene rings is 1. The van der Waals surface area contributed by atoms with E-state index in [4.69, 9.17) is 21.3 Å². The van der Waals surface area contributed by atoms with Gasteiger partial charge in [0.25, 0.3) is 5.91 Å². The number of anilines is 1. The van der Waals surface area contributed by atoms with E-state index in [0.717, 1.165) is 4.47 Å². The molecule has 2 rings (SSSR count). The molecule has 0 spiro atoms. The summed E-state index contributed by atoms with van der Waals surface area (Å²) in [6, 6.07) is 7.17. The van der Waals surface area contributed by atoms with Crippen LogP contribution in [-0.4, -0.2) is 34.0 Å². The Hall–Kier alpha value is -2.06. The number of aromatic nitrogens is 2. The maximum atomic E-state index is 11.4. The van der Waals surface area contributed by atoms with Crippen LogP contribution in [0.2, 0.25) is 0 Å². The van der Waals surface area contributed by atoms with Crippen LogP contribution in [0.25, 0.3) is 5.69 Å². The standard InChI is InChI=1S/C12H13BrN4O3/c13-7-1-3-8(4-2-7)17-10(14)9(11(15)19)12(16-17)20-6-5-18/h1-4,18H,5-6,14H2,(H2,15,19). The molecule has 7 nitrogen and oxygen atoms in total. The monoisotopic (exact) mass is 340 g/mol. The Morgan fingerprint density at radius 2 is 2.05 bits per heavy atom. The number of hydrogen-bond acceptors (Lipinski definition) is 5. The van der Waals surface area contributed by atoms with E-state index < -0.39 is 5.91 Å². The molecule has 0 saturated carbocycles. The Bertz CT molecular complexity index is 624. The van der Waals surface area contributed by atoms with Crippen molar-refractivity contribution in [2.45, 2.75) is 0 Å². The van der Waals surface area contributed by atoms with Gasteiger partial charge in [0.05, 0.1) is 12.3 Å². The number of carbonyl (C=O) groups excluding carboxylic acids is 1.